The summed E-state index contributed by atoms with van der Waals surface area (Å²) in [6.07, 6.45) is -4.71. The maximum Gasteiger partial charge on any atom is 0.573 e. The number of guanidine groups is 1. The van der Waals surface area contributed by atoms with Crippen LogP contribution >= 0.6 is 24.0 Å². The Balaban J connectivity index is 0.00000441. The molecule has 0 spiro atoms. The summed E-state index contributed by atoms with van der Waals surface area (Å²) in [5, 5.41) is 6.12. The predicted molar refractivity (Wildman–Crippen MR) is 91.6 cm³/mol. The Kier molecular flexibility index (Phi) is 9.22. The van der Waals surface area contributed by atoms with Crippen LogP contribution in [0.15, 0.2) is 29.3 Å². The van der Waals surface area contributed by atoms with Crippen LogP contribution in [0.1, 0.15) is 26.3 Å². The first-order valence-corrected chi connectivity index (χ1v) is 6.70. The second-order valence-corrected chi connectivity index (χ2v) is 4.65. The third kappa shape index (κ3) is 8.30. The van der Waals surface area contributed by atoms with Gasteiger partial charge in [0, 0.05) is 18.2 Å². The molecule has 0 fully saturated rings. The van der Waals surface area contributed by atoms with E-state index in [1.54, 1.807) is 12.1 Å². The lowest BCUT2D eigenvalue weighted by Crippen LogP contribution is -2.41. The van der Waals surface area contributed by atoms with Crippen LogP contribution in [0, 0.1) is 0 Å². The third-order valence-electron chi connectivity index (χ3n) is 2.38. The van der Waals surface area contributed by atoms with Crippen LogP contribution in [0.4, 0.5) is 13.2 Å². The van der Waals surface area contributed by atoms with Gasteiger partial charge in [0.2, 0.25) is 0 Å². The molecule has 0 aliphatic rings. The number of para-hydroxylation sites is 1. The van der Waals surface area contributed by atoms with E-state index >= 15 is 0 Å². The van der Waals surface area contributed by atoms with E-state index in [1.165, 1.54) is 12.1 Å². The topological polar surface area (TPSA) is 45.7 Å². The molecule has 22 heavy (non-hydrogen) atoms. The molecular formula is C14H21F3IN3O. The maximum absolute atomic E-state index is 12.3. The van der Waals surface area contributed by atoms with Crippen molar-refractivity contribution in [2.45, 2.75) is 39.7 Å². The molecule has 4 nitrogen and oxygen atoms in total. The van der Waals surface area contributed by atoms with Gasteiger partial charge in [-0.3, -0.25) is 0 Å². The Morgan fingerprint density at radius 2 is 1.91 bits per heavy atom. The standard InChI is InChI=1S/C14H20F3N3O.HI/c1-4-18-13(20-10(2)3)19-9-11-7-5-6-8-12(11)21-14(15,16)17;/h5-8,10H,4,9H2,1-3H3,(H2,18,19,20);1H. The number of hydrogen-bond donors (Lipinski definition) is 2. The molecule has 0 aromatic heterocycles. The van der Waals surface area contributed by atoms with Gasteiger partial charge >= 0.3 is 6.36 Å². The number of rotatable bonds is 5. The molecule has 0 saturated heterocycles. The molecule has 0 heterocycles. The Labute approximate surface area is 145 Å². The Hall–Kier alpha value is -1.19. The van der Waals surface area contributed by atoms with Gasteiger partial charge in [-0.1, -0.05) is 18.2 Å². The van der Waals surface area contributed by atoms with Crippen molar-refractivity contribution in [3.63, 3.8) is 0 Å². The molecule has 0 unspecified atom stereocenters. The maximum atomic E-state index is 12.3. The van der Waals surface area contributed by atoms with E-state index in [-0.39, 0.29) is 42.3 Å². The van der Waals surface area contributed by atoms with Crippen molar-refractivity contribution in [1.29, 1.82) is 0 Å². The highest BCUT2D eigenvalue weighted by molar-refractivity contribution is 14.0. The summed E-state index contributed by atoms with van der Waals surface area (Å²) in [6.45, 7) is 6.58. The van der Waals surface area contributed by atoms with Crippen molar-refractivity contribution in [3.8, 4) is 5.75 Å². The fourth-order valence-corrected chi connectivity index (χ4v) is 1.62. The fourth-order valence-electron chi connectivity index (χ4n) is 1.62. The normalized spacial score (nSPS) is 11.9. The summed E-state index contributed by atoms with van der Waals surface area (Å²) in [4.78, 5) is 4.26. The van der Waals surface area contributed by atoms with Gasteiger partial charge in [0.25, 0.3) is 0 Å². The molecule has 0 aliphatic heterocycles. The van der Waals surface area contributed by atoms with E-state index in [9.17, 15) is 13.2 Å². The number of hydrogen-bond acceptors (Lipinski definition) is 2. The van der Waals surface area contributed by atoms with E-state index in [2.05, 4.69) is 20.4 Å². The quantitative estimate of drug-likeness (QED) is 0.425. The molecule has 1 aromatic rings. The molecule has 0 radical (unpaired) electrons. The lowest BCUT2D eigenvalue weighted by Gasteiger charge is -2.15. The van der Waals surface area contributed by atoms with Gasteiger partial charge in [-0.25, -0.2) is 4.99 Å². The first kappa shape index (κ1) is 20.8. The molecule has 1 aromatic carbocycles. The van der Waals surface area contributed by atoms with E-state index in [4.69, 9.17) is 0 Å². The molecule has 0 amide bonds. The molecule has 0 aliphatic carbocycles. The SMILES string of the molecule is CCNC(=NCc1ccccc1OC(F)(F)F)NC(C)C.I. The summed E-state index contributed by atoms with van der Waals surface area (Å²) < 4.78 is 41.0. The third-order valence-corrected chi connectivity index (χ3v) is 2.38. The van der Waals surface area contributed by atoms with Gasteiger partial charge in [0.15, 0.2) is 5.96 Å². The molecule has 0 atom stereocenters. The minimum absolute atomic E-state index is 0. The van der Waals surface area contributed by atoms with Crippen LogP contribution in [0.25, 0.3) is 0 Å². The zero-order valence-electron chi connectivity index (χ0n) is 12.7. The van der Waals surface area contributed by atoms with Crippen LogP contribution in [-0.4, -0.2) is 24.9 Å². The highest BCUT2D eigenvalue weighted by Gasteiger charge is 2.31. The monoisotopic (exact) mass is 431 g/mol. The van der Waals surface area contributed by atoms with Crippen molar-refractivity contribution >= 4 is 29.9 Å². The number of nitrogens with zero attached hydrogens (tertiary/aromatic N) is 1. The van der Waals surface area contributed by atoms with Crippen LogP contribution in [0.3, 0.4) is 0 Å². The molecular weight excluding hydrogens is 410 g/mol. The highest BCUT2D eigenvalue weighted by atomic mass is 127. The highest BCUT2D eigenvalue weighted by Crippen LogP contribution is 2.26. The smallest absolute Gasteiger partial charge is 0.405 e. The lowest BCUT2D eigenvalue weighted by molar-refractivity contribution is -0.274. The minimum Gasteiger partial charge on any atom is -0.405 e. The Morgan fingerprint density at radius 3 is 2.45 bits per heavy atom. The van der Waals surface area contributed by atoms with Gasteiger partial charge in [0.1, 0.15) is 5.75 Å². The van der Waals surface area contributed by atoms with Gasteiger partial charge in [-0.2, -0.15) is 0 Å². The van der Waals surface area contributed by atoms with Crippen molar-refractivity contribution in [3.05, 3.63) is 29.8 Å². The van der Waals surface area contributed by atoms with Gasteiger partial charge in [-0.05, 0) is 26.8 Å². The molecule has 8 heteroatoms. The number of halogens is 4. The summed E-state index contributed by atoms with van der Waals surface area (Å²) >= 11 is 0. The average Bonchev–Trinajstić information content (AvgIpc) is 2.35. The molecule has 2 N–H and O–H groups in total. The Morgan fingerprint density at radius 1 is 1.27 bits per heavy atom. The summed E-state index contributed by atoms with van der Waals surface area (Å²) in [5.74, 6) is 0.323. The molecule has 0 bridgehead atoms. The number of alkyl halides is 3. The summed E-state index contributed by atoms with van der Waals surface area (Å²) in [7, 11) is 0. The first-order valence-electron chi connectivity index (χ1n) is 6.70. The molecule has 1 rings (SSSR count). The summed E-state index contributed by atoms with van der Waals surface area (Å²) in [5.41, 5.74) is 0.371. The van der Waals surface area contributed by atoms with Gasteiger partial charge in [0.05, 0.1) is 6.54 Å². The lowest BCUT2D eigenvalue weighted by atomic mass is 10.2. The van der Waals surface area contributed by atoms with Crippen LogP contribution in [0.2, 0.25) is 0 Å². The largest absolute Gasteiger partial charge is 0.573 e. The predicted octanol–water partition coefficient (Wildman–Crippen LogP) is 3.67. The van der Waals surface area contributed by atoms with E-state index in [0.29, 0.717) is 18.1 Å². The number of benzene rings is 1. The van der Waals surface area contributed by atoms with Crippen molar-refractivity contribution in [2.24, 2.45) is 4.99 Å². The first-order chi connectivity index (χ1) is 9.81. The average molecular weight is 431 g/mol. The number of ether oxygens (including phenoxy) is 1. The van der Waals surface area contributed by atoms with Crippen molar-refractivity contribution < 1.29 is 17.9 Å². The second kappa shape index (κ2) is 9.75. The number of nitrogens with one attached hydrogen (secondary N) is 2. The molecule has 126 valence electrons. The summed E-state index contributed by atoms with van der Waals surface area (Å²) in [6, 6.07) is 6.15. The van der Waals surface area contributed by atoms with E-state index < -0.39 is 6.36 Å². The van der Waals surface area contributed by atoms with Gasteiger partial charge in [-0.15, -0.1) is 37.1 Å². The van der Waals surface area contributed by atoms with Gasteiger partial charge < -0.3 is 15.4 Å². The van der Waals surface area contributed by atoms with E-state index in [0.717, 1.165) is 0 Å². The fraction of sp³-hybridized carbons (Fsp3) is 0.500. The Bertz CT molecular complexity index is 479. The van der Waals surface area contributed by atoms with Crippen LogP contribution < -0.4 is 15.4 Å². The number of aliphatic imine (C=N–C) groups is 1. The second-order valence-electron chi connectivity index (χ2n) is 4.65. The van der Waals surface area contributed by atoms with Crippen molar-refractivity contribution in [2.75, 3.05) is 6.54 Å². The van der Waals surface area contributed by atoms with E-state index in [1.807, 2.05) is 20.8 Å². The molecule has 0 saturated carbocycles. The minimum atomic E-state index is -4.71. The van der Waals surface area contributed by atoms with Crippen LogP contribution in [0.5, 0.6) is 5.75 Å². The zero-order valence-corrected chi connectivity index (χ0v) is 15.0. The van der Waals surface area contributed by atoms with Crippen LogP contribution in [-0.2, 0) is 6.54 Å². The van der Waals surface area contributed by atoms with Crippen molar-refractivity contribution in [1.82, 2.24) is 10.6 Å². The zero-order chi connectivity index (χ0) is 15.9.